The van der Waals surface area contributed by atoms with Gasteiger partial charge in [0.25, 0.3) is 0 Å². The molecule has 2 amide bonds. The molecule has 0 aromatic heterocycles. The van der Waals surface area contributed by atoms with E-state index in [2.05, 4.69) is 10.6 Å². The Morgan fingerprint density at radius 1 is 1.28 bits per heavy atom. The van der Waals surface area contributed by atoms with Crippen LogP contribution < -0.4 is 10.6 Å². The van der Waals surface area contributed by atoms with E-state index in [9.17, 15) is 18.0 Å². The predicted octanol–water partition coefficient (Wildman–Crippen LogP) is -0.170. The van der Waals surface area contributed by atoms with Crippen molar-refractivity contribution in [3.05, 3.63) is 0 Å². The molecule has 0 bridgehead atoms. The Hall–Kier alpha value is -1.31. The predicted molar refractivity (Wildman–Crippen MR) is 67.1 cm³/mol. The average molecular weight is 280 g/mol. The fraction of sp³-hybridized carbons (Fsp3) is 0.800. The number of aliphatic carboxylic acids is 1. The number of urea groups is 1. The van der Waals surface area contributed by atoms with Gasteiger partial charge in [0.2, 0.25) is 0 Å². The highest BCUT2D eigenvalue weighted by atomic mass is 32.2. The molecule has 0 aromatic rings. The number of hydrogen-bond acceptors (Lipinski definition) is 4. The molecule has 0 aromatic carbocycles. The van der Waals surface area contributed by atoms with Gasteiger partial charge in [-0.05, 0) is 5.41 Å². The minimum atomic E-state index is -3.15. The first-order valence-electron chi connectivity index (χ1n) is 5.38. The zero-order chi connectivity index (χ0) is 14.6. The van der Waals surface area contributed by atoms with Crippen molar-refractivity contribution in [3.8, 4) is 0 Å². The van der Waals surface area contributed by atoms with Crippen molar-refractivity contribution in [2.24, 2.45) is 5.41 Å². The van der Waals surface area contributed by atoms with Gasteiger partial charge in [0.15, 0.2) is 0 Å². The van der Waals surface area contributed by atoms with E-state index in [1.54, 1.807) is 20.8 Å². The highest BCUT2D eigenvalue weighted by Gasteiger charge is 2.32. The van der Waals surface area contributed by atoms with E-state index in [0.29, 0.717) is 0 Å². The topological polar surface area (TPSA) is 113 Å². The van der Waals surface area contributed by atoms with Crippen molar-refractivity contribution in [1.82, 2.24) is 10.6 Å². The maximum atomic E-state index is 11.4. The molecular formula is C10H20N2O5S. The smallest absolute Gasteiger partial charge is 0.326 e. The first kappa shape index (κ1) is 16.7. The fourth-order valence-corrected chi connectivity index (χ4v) is 1.65. The summed E-state index contributed by atoms with van der Waals surface area (Å²) in [5.74, 6) is -1.33. The number of rotatable bonds is 5. The van der Waals surface area contributed by atoms with E-state index in [1.807, 2.05) is 0 Å². The number of nitrogens with one attached hydrogen (secondary N) is 2. The second-order valence-corrected chi connectivity index (χ2v) is 7.43. The zero-order valence-corrected chi connectivity index (χ0v) is 11.8. The Labute approximate surface area is 107 Å². The second kappa shape index (κ2) is 6.03. The van der Waals surface area contributed by atoms with Gasteiger partial charge in [0.05, 0.1) is 5.75 Å². The maximum Gasteiger partial charge on any atom is 0.326 e. The van der Waals surface area contributed by atoms with E-state index < -0.39 is 33.3 Å². The van der Waals surface area contributed by atoms with Gasteiger partial charge in [-0.15, -0.1) is 0 Å². The molecule has 0 fully saturated rings. The number of carboxylic acid groups (broad SMARTS) is 1. The minimum Gasteiger partial charge on any atom is -0.480 e. The molecule has 0 aliphatic rings. The van der Waals surface area contributed by atoms with E-state index in [0.717, 1.165) is 6.26 Å². The van der Waals surface area contributed by atoms with Crippen LogP contribution in [-0.2, 0) is 14.6 Å². The molecular weight excluding hydrogens is 260 g/mol. The van der Waals surface area contributed by atoms with E-state index >= 15 is 0 Å². The van der Waals surface area contributed by atoms with Crippen LogP contribution in [0.15, 0.2) is 0 Å². The van der Waals surface area contributed by atoms with Crippen LogP contribution in [0.5, 0.6) is 0 Å². The van der Waals surface area contributed by atoms with E-state index in [-0.39, 0.29) is 12.3 Å². The summed E-state index contributed by atoms with van der Waals surface area (Å²) in [6, 6.07) is -1.74. The van der Waals surface area contributed by atoms with Crippen molar-refractivity contribution < 1.29 is 23.1 Å². The SMILES string of the molecule is CC(C)(C)C(NC(=O)NCCS(C)(=O)=O)C(=O)O. The highest BCUT2D eigenvalue weighted by molar-refractivity contribution is 7.90. The molecule has 0 aliphatic carbocycles. The van der Waals surface area contributed by atoms with Crippen molar-refractivity contribution in [2.75, 3.05) is 18.6 Å². The molecule has 0 saturated heterocycles. The Morgan fingerprint density at radius 3 is 2.11 bits per heavy atom. The molecule has 7 nitrogen and oxygen atoms in total. The Balaban J connectivity index is 4.33. The lowest BCUT2D eigenvalue weighted by Crippen LogP contribution is -2.52. The molecule has 0 spiro atoms. The van der Waals surface area contributed by atoms with Gasteiger partial charge >= 0.3 is 12.0 Å². The summed E-state index contributed by atoms with van der Waals surface area (Å²) in [6.45, 7) is 4.99. The molecule has 0 aliphatic heterocycles. The molecule has 8 heteroatoms. The van der Waals surface area contributed by atoms with Crippen molar-refractivity contribution in [1.29, 1.82) is 0 Å². The summed E-state index contributed by atoms with van der Waals surface area (Å²) >= 11 is 0. The average Bonchev–Trinajstić information content (AvgIpc) is 2.09. The standard InChI is InChI=1S/C10H20N2O5S/c1-10(2,3)7(8(13)14)12-9(15)11-5-6-18(4,16)17/h7H,5-6H2,1-4H3,(H,13,14)(H2,11,12,15). The first-order valence-corrected chi connectivity index (χ1v) is 7.44. The second-order valence-electron chi connectivity index (χ2n) is 5.17. The van der Waals surface area contributed by atoms with Crippen molar-refractivity contribution in [2.45, 2.75) is 26.8 Å². The molecule has 0 radical (unpaired) electrons. The number of sulfone groups is 1. The number of carboxylic acids is 1. The lowest BCUT2D eigenvalue weighted by atomic mass is 9.87. The summed E-state index contributed by atoms with van der Waals surface area (Å²) in [6.07, 6.45) is 1.06. The molecule has 0 heterocycles. The lowest BCUT2D eigenvalue weighted by molar-refractivity contribution is -0.141. The van der Waals surface area contributed by atoms with Crippen LogP contribution in [0.2, 0.25) is 0 Å². The van der Waals surface area contributed by atoms with Crippen molar-refractivity contribution >= 4 is 21.8 Å². The van der Waals surface area contributed by atoms with E-state index in [4.69, 9.17) is 5.11 Å². The van der Waals surface area contributed by atoms with Crippen LogP contribution in [0.25, 0.3) is 0 Å². The number of carbonyl (C=O) groups excluding carboxylic acids is 1. The molecule has 1 unspecified atom stereocenters. The fourth-order valence-electron chi connectivity index (χ4n) is 1.18. The van der Waals surface area contributed by atoms with Gasteiger partial charge in [-0.25, -0.2) is 18.0 Å². The number of amides is 2. The van der Waals surface area contributed by atoms with Gasteiger partial charge < -0.3 is 15.7 Å². The van der Waals surface area contributed by atoms with Crippen molar-refractivity contribution in [3.63, 3.8) is 0 Å². The van der Waals surface area contributed by atoms with Crippen LogP contribution in [-0.4, -0.2) is 50.1 Å². The number of carbonyl (C=O) groups is 2. The van der Waals surface area contributed by atoms with Gasteiger partial charge in [-0.3, -0.25) is 0 Å². The summed E-state index contributed by atoms with van der Waals surface area (Å²) in [7, 11) is -3.15. The largest absolute Gasteiger partial charge is 0.480 e. The summed E-state index contributed by atoms with van der Waals surface area (Å²) in [5.41, 5.74) is -0.639. The first-order chi connectivity index (χ1) is 7.93. The summed E-state index contributed by atoms with van der Waals surface area (Å²) in [5, 5.41) is 13.6. The summed E-state index contributed by atoms with van der Waals surface area (Å²) < 4.78 is 21.7. The maximum absolute atomic E-state index is 11.4. The van der Waals surface area contributed by atoms with Crippen LogP contribution in [0.3, 0.4) is 0 Å². The third-order valence-corrected chi connectivity index (χ3v) is 3.09. The molecule has 0 saturated carbocycles. The summed E-state index contributed by atoms with van der Waals surface area (Å²) in [4.78, 5) is 22.4. The van der Waals surface area contributed by atoms with Crippen LogP contribution in [0.4, 0.5) is 4.79 Å². The number of hydrogen-bond donors (Lipinski definition) is 3. The van der Waals surface area contributed by atoms with Gasteiger partial charge in [-0.2, -0.15) is 0 Å². The van der Waals surface area contributed by atoms with Crippen LogP contribution >= 0.6 is 0 Å². The quantitative estimate of drug-likeness (QED) is 0.647. The van der Waals surface area contributed by atoms with Crippen LogP contribution in [0.1, 0.15) is 20.8 Å². The third-order valence-electron chi connectivity index (χ3n) is 2.15. The zero-order valence-electron chi connectivity index (χ0n) is 11.0. The molecule has 1 atom stereocenters. The van der Waals surface area contributed by atoms with Gasteiger partial charge in [0.1, 0.15) is 15.9 Å². The normalized spacial score (nSPS) is 13.8. The minimum absolute atomic E-state index is 0.0544. The third kappa shape index (κ3) is 7.10. The lowest BCUT2D eigenvalue weighted by Gasteiger charge is -2.27. The highest BCUT2D eigenvalue weighted by Crippen LogP contribution is 2.19. The van der Waals surface area contributed by atoms with Gasteiger partial charge in [-0.1, -0.05) is 20.8 Å². The molecule has 0 rings (SSSR count). The monoisotopic (exact) mass is 280 g/mol. The Morgan fingerprint density at radius 2 is 1.78 bits per heavy atom. The van der Waals surface area contributed by atoms with E-state index in [1.165, 1.54) is 0 Å². The van der Waals surface area contributed by atoms with Gasteiger partial charge in [0, 0.05) is 12.8 Å². The molecule has 3 N–H and O–H groups in total. The Bertz CT molecular complexity index is 410. The van der Waals surface area contributed by atoms with Crippen LogP contribution in [0, 0.1) is 5.41 Å². The molecule has 106 valence electrons. The molecule has 18 heavy (non-hydrogen) atoms. The Kier molecular flexibility index (Phi) is 5.59.